The highest BCUT2D eigenvalue weighted by Gasteiger charge is 2.22. The second-order valence-electron chi connectivity index (χ2n) is 4.84. The van der Waals surface area contributed by atoms with Gasteiger partial charge in [-0.2, -0.15) is 0 Å². The van der Waals surface area contributed by atoms with Crippen LogP contribution in [0.3, 0.4) is 0 Å². The first-order valence-electron chi connectivity index (χ1n) is 6.42. The lowest BCUT2D eigenvalue weighted by Gasteiger charge is -2.19. The van der Waals surface area contributed by atoms with Crippen molar-refractivity contribution in [3.63, 3.8) is 0 Å². The zero-order valence-electron chi connectivity index (χ0n) is 10.7. The lowest BCUT2D eigenvalue weighted by molar-refractivity contribution is 0.528. The molecule has 0 amide bonds. The maximum atomic E-state index is 6.17. The highest BCUT2D eigenvalue weighted by molar-refractivity contribution is 6.31. The van der Waals surface area contributed by atoms with Crippen molar-refractivity contribution in [1.29, 1.82) is 0 Å². The van der Waals surface area contributed by atoms with E-state index < -0.39 is 0 Å². The van der Waals surface area contributed by atoms with Gasteiger partial charge in [-0.05, 0) is 50.0 Å². The Balaban J connectivity index is 1.97. The van der Waals surface area contributed by atoms with Crippen LogP contribution in [0.25, 0.3) is 0 Å². The molecule has 1 atom stereocenters. The molecule has 1 aromatic rings. The Morgan fingerprint density at radius 2 is 2.29 bits per heavy atom. The molecular weight excluding hydrogens is 232 g/mol. The van der Waals surface area contributed by atoms with Crippen LogP contribution in [0.4, 0.5) is 5.69 Å². The number of halogens is 1. The van der Waals surface area contributed by atoms with Gasteiger partial charge in [-0.1, -0.05) is 24.6 Å². The number of aryl methyl sites for hydroxylation is 1. The van der Waals surface area contributed by atoms with Crippen molar-refractivity contribution in [3.05, 3.63) is 28.8 Å². The molecular formula is C14H21ClN2. The summed E-state index contributed by atoms with van der Waals surface area (Å²) in [6.45, 7) is 8.69. The quantitative estimate of drug-likeness (QED) is 0.886. The molecule has 1 heterocycles. The van der Waals surface area contributed by atoms with Crippen LogP contribution >= 0.6 is 11.6 Å². The van der Waals surface area contributed by atoms with Crippen molar-refractivity contribution in [3.8, 4) is 0 Å². The molecule has 1 unspecified atom stereocenters. The Labute approximate surface area is 109 Å². The molecule has 0 aromatic heterocycles. The van der Waals surface area contributed by atoms with E-state index in [1.165, 1.54) is 12.1 Å². The Hall–Kier alpha value is -0.730. The predicted molar refractivity (Wildman–Crippen MR) is 75.1 cm³/mol. The van der Waals surface area contributed by atoms with Crippen LogP contribution in [0.5, 0.6) is 0 Å². The van der Waals surface area contributed by atoms with Crippen molar-refractivity contribution in [1.82, 2.24) is 5.32 Å². The van der Waals surface area contributed by atoms with E-state index in [2.05, 4.69) is 35.3 Å². The van der Waals surface area contributed by atoms with Crippen molar-refractivity contribution < 1.29 is 0 Å². The zero-order valence-corrected chi connectivity index (χ0v) is 11.4. The van der Waals surface area contributed by atoms with Crippen LogP contribution in [0, 0.1) is 12.8 Å². The summed E-state index contributed by atoms with van der Waals surface area (Å²) in [6, 6.07) is 6.37. The molecule has 0 aliphatic carbocycles. The van der Waals surface area contributed by atoms with Crippen LogP contribution in [-0.2, 0) is 0 Å². The van der Waals surface area contributed by atoms with Crippen LogP contribution in [0.15, 0.2) is 18.2 Å². The zero-order chi connectivity index (χ0) is 12.3. The summed E-state index contributed by atoms with van der Waals surface area (Å²) in [7, 11) is 0. The third kappa shape index (κ3) is 3.14. The van der Waals surface area contributed by atoms with Crippen LogP contribution in [0.1, 0.15) is 18.9 Å². The molecule has 0 saturated carbocycles. The number of hydrogen-bond donors (Lipinski definition) is 1. The molecule has 17 heavy (non-hydrogen) atoms. The molecule has 1 aliphatic rings. The fraction of sp³-hybridized carbons (Fsp3) is 0.571. The topological polar surface area (TPSA) is 15.3 Å². The van der Waals surface area contributed by atoms with Crippen molar-refractivity contribution in [2.75, 3.05) is 31.1 Å². The minimum Gasteiger partial charge on any atom is -0.371 e. The summed E-state index contributed by atoms with van der Waals surface area (Å²) >= 11 is 6.17. The Kier molecular flexibility index (Phi) is 4.30. The van der Waals surface area contributed by atoms with Gasteiger partial charge in [-0.15, -0.1) is 0 Å². The van der Waals surface area contributed by atoms with Gasteiger partial charge in [-0.25, -0.2) is 0 Å². The van der Waals surface area contributed by atoms with Gasteiger partial charge in [0, 0.05) is 23.8 Å². The fourth-order valence-corrected chi connectivity index (χ4v) is 2.54. The van der Waals surface area contributed by atoms with Crippen molar-refractivity contribution in [2.24, 2.45) is 5.92 Å². The third-order valence-electron chi connectivity index (χ3n) is 3.49. The first-order valence-corrected chi connectivity index (χ1v) is 6.80. The summed E-state index contributed by atoms with van der Waals surface area (Å²) in [4.78, 5) is 2.44. The molecule has 94 valence electrons. The van der Waals surface area contributed by atoms with Crippen LogP contribution < -0.4 is 10.2 Å². The van der Waals surface area contributed by atoms with E-state index in [1.807, 2.05) is 6.92 Å². The van der Waals surface area contributed by atoms with E-state index in [1.54, 1.807) is 0 Å². The minimum absolute atomic E-state index is 0.773. The molecule has 0 radical (unpaired) electrons. The molecule has 2 nitrogen and oxygen atoms in total. The highest BCUT2D eigenvalue weighted by atomic mass is 35.5. The molecule has 2 rings (SSSR count). The van der Waals surface area contributed by atoms with E-state index in [4.69, 9.17) is 11.6 Å². The van der Waals surface area contributed by atoms with Gasteiger partial charge in [0.05, 0.1) is 0 Å². The standard InChI is InChI=1S/C14H21ClN2/c1-3-16-9-12-6-7-17(10-12)13-5-4-11(2)14(15)8-13/h4-5,8,12,16H,3,6-7,9-10H2,1-2H3. The van der Waals surface area contributed by atoms with E-state index in [-0.39, 0.29) is 0 Å². The number of benzene rings is 1. The van der Waals surface area contributed by atoms with Crippen LogP contribution in [-0.4, -0.2) is 26.2 Å². The number of anilines is 1. The fourth-order valence-electron chi connectivity index (χ4n) is 2.36. The monoisotopic (exact) mass is 252 g/mol. The van der Waals surface area contributed by atoms with E-state index >= 15 is 0 Å². The summed E-state index contributed by atoms with van der Waals surface area (Å²) in [5.74, 6) is 0.773. The number of rotatable bonds is 4. The van der Waals surface area contributed by atoms with Gasteiger partial charge < -0.3 is 10.2 Å². The number of nitrogens with one attached hydrogen (secondary N) is 1. The maximum absolute atomic E-state index is 6.17. The molecule has 1 aliphatic heterocycles. The second-order valence-corrected chi connectivity index (χ2v) is 5.25. The molecule has 1 fully saturated rings. The van der Waals surface area contributed by atoms with E-state index in [0.717, 1.165) is 42.7 Å². The summed E-state index contributed by atoms with van der Waals surface area (Å²) in [5, 5.41) is 4.30. The molecule has 1 aromatic carbocycles. The molecule has 0 spiro atoms. The maximum Gasteiger partial charge on any atom is 0.0455 e. The smallest absolute Gasteiger partial charge is 0.0455 e. The summed E-state index contributed by atoms with van der Waals surface area (Å²) in [6.07, 6.45) is 1.28. The van der Waals surface area contributed by atoms with Crippen molar-refractivity contribution in [2.45, 2.75) is 20.3 Å². The van der Waals surface area contributed by atoms with Crippen LogP contribution in [0.2, 0.25) is 5.02 Å². The first kappa shape index (κ1) is 12.7. The Bertz CT molecular complexity index is 378. The lowest BCUT2D eigenvalue weighted by Crippen LogP contribution is -2.26. The SMILES string of the molecule is CCNCC1CCN(c2ccc(C)c(Cl)c2)C1. The average molecular weight is 253 g/mol. The first-order chi connectivity index (χ1) is 8.20. The molecule has 3 heteroatoms. The minimum atomic E-state index is 0.773. The van der Waals surface area contributed by atoms with Gasteiger partial charge in [0.25, 0.3) is 0 Å². The van der Waals surface area contributed by atoms with E-state index in [9.17, 15) is 0 Å². The largest absolute Gasteiger partial charge is 0.371 e. The second kappa shape index (κ2) is 5.74. The van der Waals surface area contributed by atoms with Gasteiger partial charge in [0.2, 0.25) is 0 Å². The number of nitrogens with zero attached hydrogens (tertiary/aromatic N) is 1. The predicted octanol–water partition coefficient (Wildman–Crippen LogP) is 3.08. The third-order valence-corrected chi connectivity index (χ3v) is 3.90. The summed E-state index contributed by atoms with van der Waals surface area (Å²) < 4.78 is 0. The highest BCUT2D eigenvalue weighted by Crippen LogP contribution is 2.27. The number of hydrogen-bond acceptors (Lipinski definition) is 2. The lowest BCUT2D eigenvalue weighted by atomic mass is 10.1. The molecule has 0 bridgehead atoms. The normalized spacial score (nSPS) is 19.9. The molecule has 1 N–H and O–H groups in total. The van der Waals surface area contributed by atoms with Gasteiger partial charge in [0.1, 0.15) is 0 Å². The van der Waals surface area contributed by atoms with Gasteiger partial charge >= 0.3 is 0 Å². The van der Waals surface area contributed by atoms with Crippen molar-refractivity contribution >= 4 is 17.3 Å². The average Bonchev–Trinajstić information content (AvgIpc) is 2.79. The van der Waals surface area contributed by atoms with Gasteiger partial charge in [-0.3, -0.25) is 0 Å². The Morgan fingerprint density at radius 1 is 1.47 bits per heavy atom. The summed E-state index contributed by atoms with van der Waals surface area (Å²) in [5.41, 5.74) is 2.42. The molecule has 1 saturated heterocycles. The van der Waals surface area contributed by atoms with E-state index in [0.29, 0.717) is 0 Å². The Morgan fingerprint density at radius 3 is 3.00 bits per heavy atom. The van der Waals surface area contributed by atoms with Gasteiger partial charge in [0.15, 0.2) is 0 Å².